The fraction of sp³-hybridized carbons (Fsp3) is 0.684. The molecule has 109 valence electrons. The van der Waals surface area contributed by atoms with Gasteiger partial charge < -0.3 is 0 Å². The molecule has 19 heavy (non-hydrogen) atoms. The Morgan fingerprint density at radius 3 is 1.68 bits per heavy atom. The van der Waals surface area contributed by atoms with E-state index < -0.39 is 0 Å². The molecule has 0 fully saturated rings. The average molecular weight is 261 g/mol. The zero-order chi connectivity index (χ0) is 14.0. The third-order valence-electron chi connectivity index (χ3n) is 3.44. The van der Waals surface area contributed by atoms with Crippen LogP contribution in [0.3, 0.4) is 0 Å². The monoisotopic (exact) mass is 261 g/mol. The van der Waals surface area contributed by atoms with Crippen molar-refractivity contribution in [2.24, 2.45) is 0 Å². The SMILES string of the molecule is [CH]=CC=CC=CCCCCCCCCCCCCC. The molecule has 0 heterocycles. The molecule has 0 heteroatoms. The highest BCUT2D eigenvalue weighted by Gasteiger charge is 1.92. The van der Waals surface area contributed by atoms with Crippen molar-refractivity contribution in [1.29, 1.82) is 0 Å². The summed E-state index contributed by atoms with van der Waals surface area (Å²) < 4.78 is 0. The molecule has 0 aliphatic heterocycles. The van der Waals surface area contributed by atoms with Gasteiger partial charge in [0.15, 0.2) is 0 Å². The Bertz CT molecular complexity index is 222. The first kappa shape index (κ1) is 18.2. The molecule has 0 N–H and O–H groups in total. The lowest BCUT2D eigenvalue weighted by molar-refractivity contribution is 0.550. The van der Waals surface area contributed by atoms with E-state index in [2.05, 4.69) is 19.1 Å². The molecule has 0 nitrogen and oxygen atoms in total. The number of allylic oxidation sites excluding steroid dienone is 5. The Hall–Kier alpha value is -0.780. The highest BCUT2D eigenvalue weighted by molar-refractivity contribution is 5.07. The number of rotatable bonds is 14. The molecule has 0 rings (SSSR count). The van der Waals surface area contributed by atoms with Gasteiger partial charge in [-0.3, -0.25) is 0 Å². The van der Waals surface area contributed by atoms with Gasteiger partial charge in [-0.1, -0.05) is 108 Å². The van der Waals surface area contributed by atoms with Gasteiger partial charge in [0.25, 0.3) is 0 Å². The summed E-state index contributed by atoms with van der Waals surface area (Å²) in [6, 6.07) is 0. The zero-order valence-electron chi connectivity index (χ0n) is 12.9. The first-order chi connectivity index (χ1) is 9.41. The molecule has 0 aromatic heterocycles. The summed E-state index contributed by atoms with van der Waals surface area (Å²) in [5, 5.41) is 0. The minimum Gasteiger partial charge on any atom is -0.0845 e. The lowest BCUT2D eigenvalue weighted by Gasteiger charge is -2.01. The van der Waals surface area contributed by atoms with E-state index in [0.29, 0.717) is 0 Å². The van der Waals surface area contributed by atoms with E-state index in [1.807, 2.05) is 12.2 Å². The Labute approximate surface area is 121 Å². The summed E-state index contributed by atoms with van der Waals surface area (Å²) in [6.07, 6.45) is 26.5. The first-order valence-electron chi connectivity index (χ1n) is 8.28. The van der Waals surface area contributed by atoms with E-state index in [-0.39, 0.29) is 0 Å². The Morgan fingerprint density at radius 1 is 0.632 bits per heavy atom. The van der Waals surface area contributed by atoms with Gasteiger partial charge in [0.1, 0.15) is 0 Å². The summed E-state index contributed by atoms with van der Waals surface area (Å²) in [5.41, 5.74) is 0. The normalized spacial score (nSPS) is 11.6. The minimum absolute atomic E-state index is 1.20. The van der Waals surface area contributed by atoms with Gasteiger partial charge in [-0.2, -0.15) is 0 Å². The van der Waals surface area contributed by atoms with Gasteiger partial charge in [-0.25, -0.2) is 0 Å². The lowest BCUT2D eigenvalue weighted by atomic mass is 10.1. The fourth-order valence-electron chi connectivity index (χ4n) is 2.23. The Balaban J connectivity index is 3.04. The summed E-state index contributed by atoms with van der Waals surface area (Å²) in [5.74, 6) is 0. The van der Waals surface area contributed by atoms with Crippen LogP contribution in [0.1, 0.15) is 84.0 Å². The van der Waals surface area contributed by atoms with Gasteiger partial charge in [-0.15, -0.1) is 0 Å². The molecule has 0 aliphatic rings. The second kappa shape index (κ2) is 17.2. The molecule has 0 aromatic rings. The van der Waals surface area contributed by atoms with Crippen LogP contribution in [0, 0.1) is 6.58 Å². The zero-order valence-corrected chi connectivity index (χ0v) is 12.9. The van der Waals surface area contributed by atoms with Crippen molar-refractivity contribution in [3.05, 3.63) is 37.0 Å². The first-order valence-corrected chi connectivity index (χ1v) is 8.28. The molecule has 1 radical (unpaired) electrons. The topological polar surface area (TPSA) is 0 Å². The Kier molecular flexibility index (Phi) is 16.5. The molecule has 0 saturated carbocycles. The van der Waals surface area contributed by atoms with Crippen molar-refractivity contribution < 1.29 is 0 Å². The van der Waals surface area contributed by atoms with Crippen molar-refractivity contribution in [2.75, 3.05) is 0 Å². The molecular formula is C19H33. The van der Waals surface area contributed by atoms with Crippen LogP contribution in [0.5, 0.6) is 0 Å². The average Bonchev–Trinajstić information content (AvgIpc) is 2.43. The summed E-state index contributed by atoms with van der Waals surface area (Å²) in [6.45, 7) is 7.52. The van der Waals surface area contributed by atoms with Crippen LogP contribution in [0.25, 0.3) is 0 Å². The van der Waals surface area contributed by atoms with Crippen LogP contribution >= 0.6 is 0 Å². The predicted molar refractivity (Wildman–Crippen MR) is 88.2 cm³/mol. The molecule has 0 unspecified atom stereocenters. The number of hydrogen-bond donors (Lipinski definition) is 0. The van der Waals surface area contributed by atoms with Crippen molar-refractivity contribution in [3.8, 4) is 0 Å². The van der Waals surface area contributed by atoms with Crippen LogP contribution in [0.4, 0.5) is 0 Å². The van der Waals surface area contributed by atoms with Crippen LogP contribution in [-0.2, 0) is 0 Å². The van der Waals surface area contributed by atoms with Crippen LogP contribution < -0.4 is 0 Å². The minimum atomic E-state index is 1.20. The maximum Gasteiger partial charge on any atom is -0.0348 e. The van der Waals surface area contributed by atoms with Crippen molar-refractivity contribution in [3.63, 3.8) is 0 Å². The van der Waals surface area contributed by atoms with E-state index in [0.717, 1.165) is 0 Å². The number of hydrogen-bond acceptors (Lipinski definition) is 0. The molecular weight excluding hydrogens is 228 g/mol. The molecule has 0 saturated heterocycles. The van der Waals surface area contributed by atoms with E-state index >= 15 is 0 Å². The van der Waals surface area contributed by atoms with Gasteiger partial charge in [-0.05, 0) is 12.8 Å². The quantitative estimate of drug-likeness (QED) is 0.238. The molecule has 0 bridgehead atoms. The van der Waals surface area contributed by atoms with Crippen molar-refractivity contribution >= 4 is 0 Å². The van der Waals surface area contributed by atoms with Crippen LogP contribution in [0.2, 0.25) is 0 Å². The highest BCUT2D eigenvalue weighted by Crippen LogP contribution is 2.11. The second-order valence-corrected chi connectivity index (χ2v) is 5.33. The van der Waals surface area contributed by atoms with Crippen molar-refractivity contribution in [2.45, 2.75) is 84.0 Å². The molecule has 0 atom stereocenters. The lowest BCUT2D eigenvalue weighted by Crippen LogP contribution is -1.81. The van der Waals surface area contributed by atoms with E-state index in [1.165, 1.54) is 77.0 Å². The van der Waals surface area contributed by atoms with E-state index in [4.69, 9.17) is 6.58 Å². The fourth-order valence-corrected chi connectivity index (χ4v) is 2.23. The summed E-state index contributed by atoms with van der Waals surface area (Å²) >= 11 is 0. The molecule has 0 aromatic carbocycles. The van der Waals surface area contributed by atoms with Gasteiger partial charge in [0.2, 0.25) is 0 Å². The smallest absolute Gasteiger partial charge is 0.0348 e. The maximum atomic E-state index is 5.24. The van der Waals surface area contributed by atoms with E-state index in [1.54, 1.807) is 6.08 Å². The van der Waals surface area contributed by atoms with Crippen LogP contribution in [0.15, 0.2) is 30.4 Å². The summed E-state index contributed by atoms with van der Waals surface area (Å²) in [4.78, 5) is 0. The van der Waals surface area contributed by atoms with Gasteiger partial charge in [0, 0.05) is 0 Å². The maximum absolute atomic E-state index is 5.24. The standard InChI is InChI=1S/C19H33/c1-3-5-7-9-11-13-15-17-19-18-16-14-12-10-8-6-4-2/h1,3,5,7,9,11H,4,6,8,10,12-19H2,2H3. The molecule has 0 spiro atoms. The van der Waals surface area contributed by atoms with Crippen molar-refractivity contribution in [1.82, 2.24) is 0 Å². The van der Waals surface area contributed by atoms with Crippen LogP contribution in [-0.4, -0.2) is 0 Å². The number of unbranched alkanes of at least 4 members (excludes halogenated alkanes) is 11. The van der Waals surface area contributed by atoms with E-state index in [9.17, 15) is 0 Å². The molecule has 0 amide bonds. The third-order valence-corrected chi connectivity index (χ3v) is 3.44. The molecule has 0 aliphatic carbocycles. The summed E-state index contributed by atoms with van der Waals surface area (Å²) in [7, 11) is 0. The van der Waals surface area contributed by atoms with Gasteiger partial charge >= 0.3 is 0 Å². The second-order valence-electron chi connectivity index (χ2n) is 5.33. The highest BCUT2D eigenvalue weighted by atomic mass is 14.0. The predicted octanol–water partition coefficient (Wildman–Crippen LogP) is 6.79. The third kappa shape index (κ3) is 17.2. The van der Waals surface area contributed by atoms with Gasteiger partial charge in [0.05, 0.1) is 0 Å². The Morgan fingerprint density at radius 2 is 1.16 bits per heavy atom. The largest absolute Gasteiger partial charge is 0.0845 e.